The zero-order chi connectivity index (χ0) is 10.7. The number of hydrogen-bond donors (Lipinski definition) is 1. The molecule has 4 bridgehead atoms. The van der Waals surface area contributed by atoms with Gasteiger partial charge in [0.25, 0.3) is 0 Å². The lowest BCUT2D eigenvalue weighted by atomic mass is 9.51. The van der Waals surface area contributed by atoms with E-state index in [1.54, 1.807) is 12.0 Å². The van der Waals surface area contributed by atoms with Crippen LogP contribution in [0.15, 0.2) is 12.3 Å². The van der Waals surface area contributed by atoms with E-state index < -0.39 is 0 Å². The third-order valence-corrected chi connectivity index (χ3v) is 5.58. The lowest BCUT2D eigenvalue weighted by molar-refractivity contribution is -0.00294. The summed E-state index contributed by atoms with van der Waals surface area (Å²) in [6.07, 6.45) is 9.82. The summed E-state index contributed by atoms with van der Waals surface area (Å²) in [6.45, 7) is 2.25. The molecule has 0 saturated heterocycles. The zero-order valence-electron chi connectivity index (χ0n) is 10.1. The maximum atomic E-state index is 3.38. The molecule has 0 atom stereocenters. The molecule has 0 aliphatic heterocycles. The molecule has 1 heteroatoms. The van der Waals surface area contributed by atoms with Crippen molar-refractivity contribution in [3.05, 3.63) is 23.5 Å². The fraction of sp³-hybridized carbons (Fsp3) is 0.733. The molecular weight excluding hydrogens is 194 g/mol. The highest BCUT2D eigenvalue weighted by molar-refractivity contribution is 5.27. The molecule has 1 aromatic heterocycles. The van der Waals surface area contributed by atoms with Crippen LogP contribution >= 0.6 is 0 Å². The summed E-state index contributed by atoms with van der Waals surface area (Å²) in [7, 11) is 0. The summed E-state index contributed by atoms with van der Waals surface area (Å²) < 4.78 is 0. The van der Waals surface area contributed by atoms with Crippen LogP contribution in [0.1, 0.15) is 49.3 Å². The Kier molecular flexibility index (Phi) is 1.84. The zero-order valence-corrected chi connectivity index (χ0v) is 10.1. The van der Waals surface area contributed by atoms with Gasteiger partial charge in [0.2, 0.25) is 0 Å². The molecule has 4 aliphatic rings. The van der Waals surface area contributed by atoms with E-state index in [9.17, 15) is 0 Å². The van der Waals surface area contributed by atoms with E-state index in [1.165, 1.54) is 31.4 Å². The standard InChI is InChI=1S/C15H21N/c1-9-14(2-3-16-9)15-12-5-10-4-11(7-12)8-13(15)6-10/h2-3,10-13,15-16H,4-8H2,1H3. The highest BCUT2D eigenvalue weighted by Gasteiger charge is 2.48. The van der Waals surface area contributed by atoms with Gasteiger partial charge in [-0.1, -0.05) is 0 Å². The quantitative estimate of drug-likeness (QED) is 0.732. The average molecular weight is 215 g/mol. The number of nitrogens with one attached hydrogen (secondary N) is 1. The fourth-order valence-corrected chi connectivity index (χ4v) is 5.26. The normalized spacial score (nSPS) is 45.2. The van der Waals surface area contributed by atoms with Crippen molar-refractivity contribution in [2.45, 2.75) is 44.9 Å². The van der Waals surface area contributed by atoms with E-state index in [2.05, 4.69) is 24.2 Å². The number of aromatic amines is 1. The minimum atomic E-state index is 0.902. The van der Waals surface area contributed by atoms with E-state index in [1.807, 2.05) is 0 Å². The minimum Gasteiger partial charge on any atom is -0.365 e. The van der Waals surface area contributed by atoms with Crippen LogP contribution in [0.5, 0.6) is 0 Å². The van der Waals surface area contributed by atoms with E-state index in [-0.39, 0.29) is 0 Å². The number of hydrogen-bond acceptors (Lipinski definition) is 0. The molecule has 4 fully saturated rings. The smallest absolute Gasteiger partial charge is 0.0151 e. The molecule has 1 aromatic rings. The number of aromatic nitrogens is 1. The summed E-state index contributed by atoms with van der Waals surface area (Å²) >= 11 is 0. The van der Waals surface area contributed by atoms with Crippen LogP contribution in [0.2, 0.25) is 0 Å². The number of rotatable bonds is 1. The Balaban J connectivity index is 1.72. The van der Waals surface area contributed by atoms with Gasteiger partial charge in [-0.05, 0) is 80.2 Å². The molecule has 0 amide bonds. The SMILES string of the molecule is Cc1[nH]ccc1C1C2CC3CC(C2)CC1C3. The highest BCUT2D eigenvalue weighted by Crippen LogP contribution is 2.59. The average Bonchev–Trinajstić information content (AvgIpc) is 2.63. The Morgan fingerprint density at radius 1 is 1.00 bits per heavy atom. The van der Waals surface area contributed by atoms with Gasteiger partial charge in [0.1, 0.15) is 0 Å². The molecule has 4 aliphatic carbocycles. The van der Waals surface area contributed by atoms with Crippen LogP contribution in [-0.2, 0) is 0 Å². The number of H-pyrrole nitrogens is 1. The molecular formula is C15H21N. The van der Waals surface area contributed by atoms with Crippen molar-refractivity contribution < 1.29 is 0 Å². The maximum absolute atomic E-state index is 3.38. The second-order valence-corrected chi connectivity index (χ2v) is 6.51. The van der Waals surface area contributed by atoms with Crippen molar-refractivity contribution >= 4 is 0 Å². The van der Waals surface area contributed by atoms with Gasteiger partial charge in [-0.2, -0.15) is 0 Å². The second kappa shape index (κ2) is 3.15. The van der Waals surface area contributed by atoms with Gasteiger partial charge in [-0.15, -0.1) is 0 Å². The summed E-state index contributed by atoms with van der Waals surface area (Å²) in [4.78, 5) is 3.38. The lowest BCUT2D eigenvalue weighted by Crippen LogP contribution is -2.43. The van der Waals surface area contributed by atoms with Crippen molar-refractivity contribution in [2.24, 2.45) is 23.7 Å². The van der Waals surface area contributed by atoms with E-state index >= 15 is 0 Å². The van der Waals surface area contributed by atoms with Gasteiger partial charge < -0.3 is 4.98 Å². The molecule has 1 heterocycles. The van der Waals surface area contributed by atoms with Crippen molar-refractivity contribution in [1.82, 2.24) is 4.98 Å². The van der Waals surface area contributed by atoms with Gasteiger partial charge in [-0.25, -0.2) is 0 Å². The Hall–Kier alpha value is -0.720. The van der Waals surface area contributed by atoms with Crippen LogP contribution in [0, 0.1) is 30.6 Å². The van der Waals surface area contributed by atoms with Crippen LogP contribution in [0.4, 0.5) is 0 Å². The van der Waals surface area contributed by atoms with Crippen LogP contribution in [-0.4, -0.2) is 4.98 Å². The first-order valence-electron chi connectivity index (χ1n) is 6.95. The molecule has 0 radical (unpaired) electrons. The third-order valence-electron chi connectivity index (χ3n) is 5.58. The predicted molar refractivity (Wildman–Crippen MR) is 65.3 cm³/mol. The summed E-state index contributed by atoms with van der Waals surface area (Å²) in [5, 5.41) is 0. The van der Waals surface area contributed by atoms with Gasteiger partial charge in [0, 0.05) is 11.9 Å². The molecule has 0 spiro atoms. The molecule has 0 unspecified atom stereocenters. The Bertz CT molecular complexity index is 375. The summed E-state index contributed by atoms with van der Waals surface area (Å²) in [6, 6.07) is 2.35. The molecule has 5 rings (SSSR count). The first-order valence-corrected chi connectivity index (χ1v) is 6.95. The molecule has 1 N–H and O–H groups in total. The van der Waals surface area contributed by atoms with Gasteiger partial charge in [0.05, 0.1) is 0 Å². The van der Waals surface area contributed by atoms with Gasteiger partial charge in [0.15, 0.2) is 0 Å². The number of aryl methyl sites for hydroxylation is 1. The van der Waals surface area contributed by atoms with E-state index in [4.69, 9.17) is 0 Å². The van der Waals surface area contributed by atoms with Crippen LogP contribution < -0.4 is 0 Å². The molecule has 86 valence electrons. The van der Waals surface area contributed by atoms with Crippen molar-refractivity contribution in [2.75, 3.05) is 0 Å². The van der Waals surface area contributed by atoms with Crippen LogP contribution in [0.3, 0.4) is 0 Å². The fourth-order valence-electron chi connectivity index (χ4n) is 5.26. The van der Waals surface area contributed by atoms with E-state index in [0.717, 1.165) is 29.6 Å². The monoisotopic (exact) mass is 215 g/mol. The Morgan fingerprint density at radius 2 is 1.62 bits per heavy atom. The highest BCUT2D eigenvalue weighted by atomic mass is 14.7. The molecule has 16 heavy (non-hydrogen) atoms. The first-order chi connectivity index (χ1) is 7.81. The van der Waals surface area contributed by atoms with Crippen molar-refractivity contribution in [1.29, 1.82) is 0 Å². The van der Waals surface area contributed by atoms with E-state index in [0.29, 0.717) is 0 Å². The Morgan fingerprint density at radius 3 is 2.12 bits per heavy atom. The Labute approximate surface area is 97.6 Å². The topological polar surface area (TPSA) is 15.8 Å². The maximum Gasteiger partial charge on any atom is 0.0151 e. The summed E-state index contributed by atoms with van der Waals surface area (Å²) in [5.41, 5.74) is 3.08. The minimum absolute atomic E-state index is 0.902. The molecule has 1 nitrogen and oxygen atoms in total. The summed E-state index contributed by atoms with van der Waals surface area (Å²) in [5.74, 6) is 5.13. The van der Waals surface area contributed by atoms with Gasteiger partial charge in [-0.3, -0.25) is 0 Å². The largest absolute Gasteiger partial charge is 0.365 e. The molecule has 4 saturated carbocycles. The van der Waals surface area contributed by atoms with Gasteiger partial charge >= 0.3 is 0 Å². The predicted octanol–water partition coefficient (Wildman–Crippen LogP) is 3.86. The second-order valence-electron chi connectivity index (χ2n) is 6.51. The third kappa shape index (κ3) is 1.18. The first kappa shape index (κ1) is 9.32. The lowest BCUT2D eigenvalue weighted by Gasteiger charge is -2.54. The van der Waals surface area contributed by atoms with Crippen LogP contribution in [0.25, 0.3) is 0 Å². The van der Waals surface area contributed by atoms with Crippen molar-refractivity contribution in [3.63, 3.8) is 0 Å². The van der Waals surface area contributed by atoms with Crippen molar-refractivity contribution in [3.8, 4) is 0 Å². The molecule has 0 aromatic carbocycles.